The van der Waals surface area contributed by atoms with Gasteiger partial charge in [-0.3, -0.25) is 9.78 Å². The molecule has 2 N–H and O–H groups in total. The Morgan fingerprint density at radius 3 is 2.83 bits per heavy atom. The van der Waals surface area contributed by atoms with E-state index in [9.17, 15) is 4.79 Å². The molecule has 1 aromatic rings. The largest absolute Gasteiger partial charge is 0.469 e. The molecule has 0 saturated carbocycles. The zero-order valence-corrected chi connectivity index (χ0v) is 11.0. The number of esters is 1. The molecule has 4 heteroatoms. The van der Waals surface area contributed by atoms with E-state index < -0.39 is 0 Å². The van der Waals surface area contributed by atoms with Crippen LogP contribution < -0.4 is 5.73 Å². The van der Waals surface area contributed by atoms with E-state index in [2.05, 4.69) is 15.8 Å². The molecule has 0 spiro atoms. The van der Waals surface area contributed by atoms with E-state index in [1.54, 1.807) is 6.20 Å². The third kappa shape index (κ3) is 5.27. The zero-order valence-electron chi connectivity index (χ0n) is 11.0. The van der Waals surface area contributed by atoms with Crippen LogP contribution in [-0.2, 0) is 22.5 Å². The fourth-order valence-electron chi connectivity index (χ4n) is 1.92. The Hall–Kier alpha value is -1.42. The van der Waals surface area contributed by atoms with E-state index in [0.717, 1.165) is 37.8 Å². The highest BCUT2D eigenvalue weighted by molar-refractivity contribution is 5.68. The van der Waals surface area contributed by atoms with Crippen LogP contribution in [0.4, 0.5) is 0 Å². The fourth-order valence-corrected chi connectivity index (χ4v) is 1.92. The summed E-state index contributed by atoms with van der Waals surface area (Å²) in [5.41, 5.74) is 7.87. The van der Waals surface area contributed by atoms with E-state index >= 15 is 0 Å². The maximum absolute atomic E-state index is 10.9. The number of unbranched alkanes of at least 4 members (excludes halogenated alkanes) is 3. The summed E-state index contributed by atoms with van der Waals surface area (Å²) in [6, 6.07) is 4.04. The van der Waals surface area contributed by atoms with Gasteiger partial charge in [0.1, 0.15) is 0 Å². The van der Waals surface area contributed by atoms with Crippen molar-refractivity contribution in [3.63, 3.8) is 0 Å². The molecule has 0 saturated heterocycles. The molecule has 1 aromatic heterocycles. The Labute approximate surface area is 109 Å². The van der Waals surface area contributed by atoms with Crippen LogP contribution in [0.1, 0.15) is 43.4 Å². The highest BCUT2D eigenvalue weighted by Gasteiger charge is 2.02. The number of hydrogen-bond donors (Lipinski definition) is 1. The number of rotatable bonds is 8. The molecule has 0 unspecified atom stereocenters. The number of nitrogens with zero attached hydrogens (tertiary/aromatic N) is 1. The smallest absolute Gasteiger partial charge is 0.305 e. The second-order valence-corrected chi connectivity index (χ2v) is 4.30. The summed E-state index contributed by atoms with van der Waals surface area (Å²) in [4.78, 5) is 15.2. The summed E-state index contributed by atoms with van der Waals surface area (Å²) in [6.45, 7) is 0.499. The van der Waals surface area contributed by atoms with E-state index in [0.29, 0.717) is 13.0 Å². The highest BCUT2D eigenvalue weighted by Crippen LogP contribution is 2.11. The number of aromatic nitrogens is 1. The lowest BCUT2D eigenvalue weighted by atomic mass is 10.0. The highest BCUT2D eigenvalue weighted by atomic mass is 16.5. The minimum absolute atomic E-state index is 0.118. The van der Waals surface area contributed by atoms with Crippen LogP contribution in [-0.4, -0.2) is 18.1 Å². The predicted octanol–water partition coefficient (Wildman–Crippen LogP) is 2.21. The quantitative estimate of drug-likeness (QED) is 0.567. The number of methoxy groups -OCH3 is 1. The maximum atomic E-state index is 10.9. The van der Waals surface area contributed by atoms with Crippen molar-refractivity contribution in [1.82, 2.24) is 4.98 Å². The summed E-state index contributed by atoms with van der Waals surface area (Å²) in [5, 5.41) is 0. The first-order valence-corrected chi connectivity index (χ1v) is 6.47. The van der Waals surface area contributed by atoms with Crippen LogP contribution in [0.2, 0.25) is 0 Å². The van der Waals surface area contributed by atoms with Gasteiger partial charge >= 0.3 is 5.97 Å². The molecule has 1 rings (SSSR count). The van der Waals surface area contributed by atoms with Crippen molar-refractivity contribution >= 4 is 5.97 Å². The third-order valence-electron chi connectivity index (χ3n) is 2.98. The summed E-state index contributed by atoms with van der Waals surface area (Å²) >= 11 is 0. The Balaban J connectivity index is 2.16. The Kier molecular flexibility index (Phi) is 7.03. The molecule has 0 amide bonds. The normalized spacial score (nSPS) is 10.3. The van der Waals surface area contributed by atoms with E-state index in [1.807, 2.05) is 6.07 Å². The second-order valence-electron chi connectivity index (χ2n) is 4.30. The van der Waals surface area contributed by atoms with Crippen LogP contribution in [0.15, 0.2) is 18.3 Å². The van der Waals surface area contributed by atoms with Gasteiger partial charge in [0.25, 0.3) is 0 Å². The standard InChI is InChI=1S/C14H22N2O2/c1-18-14(17)9-5-3-2-4-7-12-8-6-10-16-13(12)11-15/h6,8,10H,2-5,7,9,11,15H2,1H3. The molecule has 0 aromatic carbocycles. The van der Waals surface area contributed by atoms with Crippen molar-refractivity contribution in [2.45, 2.75) is 45.1 Å². The Morgan fingerprint density at radius 1 is 1.33 bits per heavy atom. The number of carbonyl (C=O) groups excluding carboxylic acids is 1. The topological polar surface area (TPSA) is 65.2 Å². The fraction of sp³-hybridized carbons (Fsp3) is 0.571. The molecular formula is C14H22N2O2. The molecule has 4 nitrogen and oxygen atoms in total. The lowest BCUT2D eigenvalue weighted by Gasteiger charge is -2.06. The van der Waals surface area contributed by atoms with Crippen LogP contribution in [0.3, 0.4) is 0 Å². The molecule has 0 aliphatic carbocycles. The summed E-state index contributed by atoms with van der Waals surface area (Å²) in [7, 11) is 1.43. The molecule has 0 aliphatic rings. The van der Waals surface area contributed by atoms with Crippen molar-refractivity contribution in [3.05, 3.63) is 29.6 Å². The van der Waals surface area contributed by atoms with Gasteiger partial charge < -0.3 is 10.5 Å². The summed E-state index contributed by atoms with van der Waals surface area (Å²) in [6.07, 6.45) is 7.52. The summed E-state index contributed by atoms with van der Waals surface area (Å²) in [5.74, 6) is -0.118. The SMILES string of the molecule is COC(=O)CCCCCCc1cccnc1CN. The molecule has 0 fully saturated rings. The van der Waals surface area contributed by atoms with Gasteiger partial charge in [0.2, 0.25) is 0 Å². The van der Waals surface area contributed by atoms with Crippen LogP contribution >= 0.6 is 0 Å². The minimum Gasteiger partial charge on any atom is -0.469 e. The summed E-state index contributed by atoms with van der Waals surface area (Å²) < 4.78 is 4.60. The van der Waals surface area contributed by atoms with Gasteiger partial charge in [0.05, 0.1) is 12.8 Å². The van der Waals surface area contributed by atoms with E-state index in [4.69, 9.17) is 5.73 Å². The monoisotopic (exact) mass is 250 g/mol. The van der Waals surface area contributed by atoms with E-state index in [-0.39, 0.29) is 5.97 Å². The van der Waals surface area contributed by atoms with Gasteiger partial charge in [0.15, 0.2) is 0 Å². The van der Waals surface area contributed by atoms with Crippen molar-refractivity contribution in [1.29, 1.82) is 0 Å². The average Bonchev–Trinajstić information content (AvgIpc) is 2.42. The number of pyridine rings is 1. The van der Waals surface area contributed by atoms with Crippen LogP contribution in [0.25, 0.3) is 0 Å². The molecule has 18 heavy (non-hydrogen) atoms. The lowest BCUT2D eigenvalue weighted by Crippen LogP contribution is -2.04. The number of aryl methyl sites for hydroxylation is 1. The second kappa shape index (κ2) is 8.64. The van der Waals surface area contributed by atoms with Gasteiger partial charge in [-0.1, -0.05) is 18.9 Å². The number of hydrogen-bond acceptors (Lipinski definition) is 4. The van der Waals surface area contributed by atoms with Crippen molar-refractivity contribution in [2.24, 2.45) is 5.73 Å². The first-order valence-electron chi connectivity index (χ1n) is 6.47. The molecule has 0 aliphatic heterocycles. The van der Waals surface area contributed by atoms with Crippen molar-refractivity contribution in [2.75, 3.05) is 7.11 Å². The van der Waals surface area contributed by atoms with E-state index in [1.165, 1.54) is 12.7 Å². The van der Waals surface area contributed by atoms with Gasteiger partial charge in [-0.15, -0.1) is 0 Å². The number of carbonyl (C=O) groups is 1. The van der Waals surface area contributed by atoms with Crippen molar-refractivity contribution in [3.8, 4) is 0 Å². The average molecular weight is 250 g/mol. The first kappa shape index (κ1) is 14.6. The Morgan fingerprint density at radius 2 is 2.11 bits per heavy atom. The predicted molar refractivity (Wildman–Crippen MR) is 70.9 cm³/mol. The lowest BCUT2D eigenvalue weighted by molar-refractivity contribution is -0.140. The molecule has 0 radical (unpaired) electrons. The van der Waals surface area contributed by atoms with Crippen LogP contribution in [0.5, 0.6) is 0 Å². The first-order chi connectivity index (χ1) is 8.77. The molecule has 1 heterocycles. The minimum atomic E-state index is -0.118. The van der Waals surface area contributed by atoms with Gasteiger partial charge in [-0.2, -0.15) is 0 Å². The van der Waals surface area contributed by atoms with Gasteiger partial charge in [-0.05, 0) is 30.9 Å². The Bertz CT molecular complexity index is 367. The van der Waals surface area contributed by atoms with Gasteiger partial charge in [0, 0.05) is 19.2 Å². The number of ether oxygens (including phenoxy) is 1. The number of nitrogens with two attached hydrogens (primary N) is 1. The molecule has 100 valence electrons. The molecule has 0 bridgehead atoms. The maximum Gasteiger partial charge on any atom is 0.305 e. The molecule has 0 atom stereocenters. The third-order valence-corrected chi connectivity index (χ3v) is 2.98. The zero-order chi connectivity index (χ0) is 13.2. The molecular weight excluding hydrogens is 228 g/mol. The van der Waals surface area contributed by atoms with Crippen molar-refractivity contribution < 1.29 is 9.53 Å². The van der Waals surface area contributed by atoms with Gasteiger partial charge in [-0.25, -0.2) is 0 Å². The van der Waals surface area contributed by atoms with Crippen LogP contribution in [0, 0.1) is 0 Å².